The fraction of sp³-hybridized carbons (Fsp3) is 0.429. The van der Waals surface area contributed by atoms with Crippen molar-refractivity contribution in [2.45, 2.75) is 35.1 Å². The average Bonchev–Trinajstić information content (AvgIpc) is 2.90. The highest BCUT2D eigenvalue weighted by Crippen LogP contribution is 2.40. The lowest BCUT2D eigenvalue weighted by Crippen LogP contribution is -2.42. The average molecular weight is 526 g/mol. The van der Waals surface area contributed by atoms with Gasteiger partial charge in [0.1, 0.15) is 5.75 Å². The van der Waals surface area contributed by atoms with Crippen LogP contribution in [-0.2, 0) is 10.0 Å². The normalized spacial score (nSPS) is 17.5. The van der Waals surface area contributed by atoms with Crippen LogP contribution in [0.15, 0.2) is 70.5 Å². The van der Waals surface area contributed by atoms with Gasteiger partial charge in [0, 0.05) is 35.8 Å². The SMILES string of the molecule is CN(C)C1CCN(CCCOc2ccc3c(c2)N(S(=O)(=O)c2ccc4ccccc4c2)CCS3)CC1. The number of sulfonamides is 1. The molecule has 2 heterocycles. The molecule has 6 nitrogen and oxygen atoms in total. The van der Waals surface area contributed by atoms with Crippen LogP contribution in [0.4, 0.5) is 5.69 Å². The number of piperidine rings is 1. The summed E-state index contributed by atoms with van der Waals surface area (Å²) in [5, 5.41) is 1.96. The molecule has 1 saturated heterocycles. The quantitative estimate of drug-likeness (QED) is 0.389. The minimum atomic E-state index is -3.68. The highest BCUT2D eigenvalue weighted by Gasteiger charge is 2.30. The fourth-order valence-electron chi connectivity index (χ4n) is 5.11. The lowest BCUT2D eigenvalue weighted by atomic mass is 10.0. The monoisotopic (exact) mass is 525 g/mol. The van der Waals surface area contributed by atoms with Gasteiger partial charge in [0.2, 0.25) is 0 Å². The first kappa shape index (κ1) is 25.4. The Kier molecular flexibility index (Phi) is 7.76. The Morgan fingerprint density at radius 1 is 0.972 bits per heavy atom. The molecule has 0 saturated carbocycles. The molecule has 0 aromatic heterocycles. The Hall–Kier alpha value is -2.26. The van der Waals surface area contributed by atoms with Crippen LogP contribution in [0.25, 0.3) is 10.8 Å². The van der Waals surface area contributed by atoms with Gasteiger partial charge < -0.3 is 14.5 Å². The Labute approximate surface area is 219 Å². The number of rotatable bonds is 8. The van der Waals surface area contributed by atoms with Gasteiger partial charge in [0.25, 0.3) is 10.0 Å². The topological polar surface area (TPSA) is 53.1 Å². The summed E-state index contributed by atoms with van der Waals surface area (Å²) < 4.78 is 35.0. The van der Waals surface area contributed by atoms with E-state index in [-0.39, 0.29) is 0 Å². The molecule has 0 spiro atoms. The summed E-state index contributed by atoms with van der Waals surface area (Å²) in [6.45, 7) is 4.38. The molecule has 0 atom stereocenters. The van der Waals surface area contributed by atoms with Gasteiger partial charge in [-0.2, -0.15) is 0 Å². The molecule has 0 aliphatic carbocycles. The van der Waals surface area contributed by atoms with E-state index in [1.807, 2.05) is 48.5 Å². The molecule has 0 unspecified atom stereocenters. The maximum Gasteiger partial charge on any atom is 0.264 e. The van der Waals surface area contributed by atoms with Gasteiger partial charge in [-0.25, -0.2) is 8.42 Å². The number of anilines is 1. The first-order chi connectivity index (χ1) is 17.4. The van der Waals surface area contributed by atoms with Crippen LogP contribution in [0.2, 0.25) is 0 Å². The summed E-state index contributed by atoms with van der Waals surface area (Å²) in [6.07, 6.45) is 3.40. The summed E-state index contributed by atoms with van der Waals surface area (Å²) >= 11 is 1.69. The van der Waals surface area contributed by atoms with Crippen molar-refractivity contribution in [1.82, 2.24) is 9.80 Å². The van der Waals surface area contributed by atoms with E-state index < -0.39 is 10.0 Å². The van der Waals surface area contributed by atoms with Crippen molar-refractivity contribution in [3.8, 4) is 5.75 Å². The molecule has 1 fully saturated rings. The molecule has 2 aliphatic heterocycles. The highest BCUT2D eigenvalue weighted by molar-refractivity contribution is 8.00. The molecule has 3 aromatic rings. The van der Waals surface area contributed by atoms with Crippen molar-refractivity contribution in [3.63, 3.8) is 0 Å². The van der Waals surface area contributed by atoms with Crippen LogP contribution in [-0.4, -0.2) is 76.9 Å². The summed E-state index contributed by atoms with van der Waals surface area (Å²) in [7, 11) is 0.652. The largest absolute Gasteiger partial charge is 0.493 e. The van der Waals surface area contributed by atoms with Crippen molar-refractivity contribution >= 4 is 38.2 Å². The summed E-state index contributed by atoms with van der Waals surface area (Å²) in [5.41, 5.74) is 0.711. The Morgan fingerprint density at radius 2 is 1.75 bits per heavy atom. The number of hydrogen-bond donors (Lipinski definition) is 0. The second-order valence-corrected chi connectivity index (χ2v) is 12.8. The number of thioether (sulfide) groups is 1. The summed E-state index contributed by atoms with van der Waals surface area (Å²) in [6, 6.07) is 19.7. The number of hydrogen-bond acceptors (Lipinski definition) is 6. The zero-order valence-corrected chi connectivity index (χ0v) is 22.7. The van der Waals surface area contributed by atoms with Crippen LogP contribution in [0.1, 0.15) is 19.3 Å². The van der Waals surface area contributed by atoms with Crippen molar-refractivity contribution < 1.29 is 13.2 Å². The molecule has 5 rings (SSSR count). The van der Waals surface area contributed by atoms with Gasteiger partial charge in [0.05, 0.1) is 17.2 Å². The van der Waals surface area contributed by atoms with Gasteiger partial charge in [-0.3, -0.25) is 4.31 Å². The van der Waals surface area contributed by atoms with Crippen molar-refractivity contribution in [2.24, 2.45) is 0 Å². The molecule has 192 valence electrons. The Balaban J connectivity index is 1.24. The zero-order valence-electron chi connectivity index (χ0n) is 21.1. The fourth-order valence-corrected chi connectivity index (χ4v) is 7.77. The highest BCUT2D eigenvalue weighted by atomic mass is 32.2. The van der Waals surface area contributed by atoms with Crippen molar-refractivity contribution in [2.75, 3.05) is 56.9 Å². The molecule has 2 aliphatic rings. The molecule has 0 amide bonds. The van der Waals surface area contributed by atoms with Gasteiger partial charge >= 0.3 is 0 Å². The van der Waals surface area contributed by atoms with E-state index in [2.05, 4.69) is 23.9 Å². The van der Waals surface area contributed by atoms with E-state index in [4.69, 9.17) is 4.74 Å². The predicted octanol–water partition coefficient (Wildman–Crippen LogP) is 4.94. The van der Waals surface area contributed by atoms with Gasteiger partial charge in [-0.05, 0) is 81.5 Å². The number of benzene rings is 3. The van der Waals surface area contributed by atoms with Crippen LogP contribution in [0.5, 0.6) is 5.75 Å². The van der Waals surface area contributed by atoms with E-state index in [0.29, 0.717) is 29.8 Å². The smallest absolute Gasteiger partial charge is 0.264 e. The van der Waals surface area contributed by atoms with E-state index in [9.17, 15) is 8.42 Å². The third-order valence-electron chi connectivity index (χ3n) is 7.23. The molecule has 36 heavy (non-hydrogen) atoms. The summed E-state index contributed by atoms with van der Waals surface area (Å²) in [4.78, 5) is 6.15. The third-order valence-corrected chi connectivity index (χ3v) is 10.1. The Morgan fingerprint density at radius 3 is 2.53 bits per heavy atom. The van der Waals surface area contributed by atoms with Crippen LogP contribution in [0, 0.1) is 0 Å². The molecule has 3 aromatic carbocycles. The number of likely N-dealkylation sites (tertiary alicyclic amines) is 1. The van der Waals surface area contributed by atoms with Crippen LogP contribution >= 0.6 is 11.8 Å². The number of nitrogens with zero attached hydrogens (tertiary/aromatic N) is 3. The minimum Gasteiger partial charge on any atom is -0.493 e. The Bertz CT molecular complexity index is 1300. The van der Waals surface area contributed by atoms with Crippen molar-refractivity contribution in [3.05, 3.63) is 60.7 Å². The third kappa shape index (κ3) is 5.52. The first-order valence-electron chi connectivity index (χ1n) is 12.7. The number of fused-ring (bicyclic) bond motifs is 2. The van der Waals surface area contributed by atoms with Gasteiger partial charge in [-0.15, -0.1) is 11.8 Å². The minimum absolute atomic E-state index is 0.323. The lowest BCUT2D eigenvalue weighted by molar-refractivity contribution is 0.138. The van der Waals surface area contributed by atoms with E-state index in [1.165, 1.54) is 12.8 Å². The zero-order chi connectivity index (χ0) is 25.1. The number of ether oxygens (including phenoxy) is 1. The van der Waals surface area contributed by atoms with E-state index >= 15 is 0 Å². The lowest BCUT2D eigenvalue weighted by Gasteiger charge is -2.35. The standard InChI is InChI=1S/C28H35N3O3S2/c1-29(2)24-12-15-30(16-13-24)14-5-18-34-25-9-11-28-27(21-25)31(17-19-35-28)36(32,33)26-10-8-22-6-3-4-7-23(22)20-26/h3-4,6-11,20-21,24H,5,12-19H2,1-2H3. The molecule has 0 bridgehead atoms. The molecule has 0 radical (unpaired) electrons. The molecule has 8 heteroatoms. The molecule has 0 N–H and O–H groups in total. The summed E-state index contributed by atoms with van der Waals surface area (Å²) in [5.74, 6) is 1.45. The van der Waals surface area contributed by atoms with Gasteiger partial charge in [-0.1, -0.05) is 30.3 Å². The second-order valence-electron chi connectivity index (χ2n) is 9.80. The van der Waals surface area contributed by atoms with E-state index in [0.717, 1.165) is 53.2 Å². The van der Waals surface area contributed by atoms with Crippen molar-refractivity contribution in [1.29, 1.82) is 0 Å². The van der Waals surface area contributed by atoms with E-state index in [1.54, 1.807) is 28.2 Å². The maximum absolute atomic E-state index is 13.7. The first-order valence-corrected chi connectivity index (χ1v) is 15.1. The van der Waals surface area contributed by atoms with Gasteiger partial charge in [0.15, 0.2) is 0 Å². The van der Waals surface area contributed by atoms with Crippen LogP contribution < -0.4 is 9.04 Å². The van der Waals surface area contributed by atoms with Crippen LogP contribution in [0.3, 0.4) is 0 Å². The molecular weight excluding hydrogens is 490 g/mol. The molecular formula is C28H35N3O3S2. The maximum atomic E-state index is 13.7. The predicted molar refractivity (Wildman–Crippen MR) is 149 cm³/mol. The second kappa shape index (κ2) is 11.0.